The lowest BCUT2D eigenvalue weighted by molar-refractivity contribution is 0.0733. The van der Waals surface area contributed by atoms with Crippen LogP contribution in [0.4, 0.5) is 0 Å². The number of carbonyl (C=O) groups is 2. The first-order valence-electron chi connectivity index (χ1n) is 9.59. The number of para-hydroxylation sites is 1. The third-order valence-corrected chi connectivity index (χ3v) is 4.97. The van der Waals surface area contributed by atoms with E-state index in [1.54, 1.807) is 74.7 Å². The zero-order chi connectivity index (χ0) is 22.0. The van der Waals surface area contributed by atoms with Gasteiger partial charge in [0.1, 0.15) is 11.5 Å². The van der Waals surface area contributed by atoms with Gasteiger partial charge in [-0.05, 0) is 43.3 Å². The monoisotopic (exact) mass is 416 g/mol. The molecule has 1 heterocycles. The van der Waals surface area contributed by atoms with Gasteiger partial charge in [0.15, 0.2) is 17.3 Å². The highest BCUT2D eigenvalue weighted by molar-refractivity contribution is 6.15. The molecule has 6 nitrogen and oxygen atoms in total. The maximum Gasteiger partial charge on any atom is 0.343 e. The predicted octanol–water partition coefficient (Wildman–Crippen LogP) is 4.85. The maximum absolute atomic E-state index is 12.9. The Kier molecular flexibility index (Phi) is 5.45. The Labute approximate surface area is 179 Å². The number of rotatable bonds is 5. The van der Waals surface area contributed by atoms with E-state index in [1.807, 2.05) is 6.07 Å². The van der Waals surface area contributed by atoms with E-state index in [0.29, 0.717) is 45.3 Å². The largest absolute Gasteiger partial charge is 0.493 e. The lowest BCUT2D eigenvalue weighted by atomic mass is 10.1. The van der Waals surface area contributed by atoms with Gasteiger partial charge in [0.05, 0.1) is 25.3 Å². The van der Waals surface area contributed by atoms with E-state index in [-0.39, 0.29) is 11.5 Å². The van der Waals surface area contributed by atoms with E-state index in [0.717, 1.165) is 0 Å². The molecule has 3 aromatic rings. The highest BCUT2D eigenvalue weighted by Crippen LogP contribution is 2.40. The van der Waals surface area contributed by atoms with E-state index in [1.165, 1.54) is 7.11 Å². The van der Waals surface area contributed by atoms with Crippen LogP contribution in [0.15, 0.2) is 66.4 Å². The first-order valence-corrected chi connectivity index (χ1v) is 9.59. The SMILES string of the molecule is COc1cccc(/C=C2\Oc3c(ccc(OC(=O)c4ccccc4)c3C)C2=O)c1OC. The summed E-state index contributed by atoms with van der Waals surface area (Å²) < 4.78 is 22.1. The number of carbonyl (C=O) groups excluding carboxylic acids is 2. The minimum atomic E-state index is -0.482. The first kappa shape index (κ1) is 20.2. The maximum atomic E-state index is 12.9. The summed E-state index contributed by atoms with van der Waals surface area (Å²) in [7, 11) is 3.08. The van der Waals surface area contributed by atoms with Crippen molar-refractivity contribution in [3.05, 3.63) is 88.7 Å². The summed E-state index contributed by atoms with van der Waals surface area (Å²) >= 11 is 0. The predicted molar refractivity (Wildman–Crippen MR) is 115 cm³/mol. The van der Waals surface area contributed by atoms with Gasteiger partial charge < -0.3 is 18.9 Å². The molecule has 0 saturated heterocycles. The molecule has 0 atom stereocenters. The number of Topliss-reactive ketones (excluding diaryl/α,β-unsaturated/α-hetero) is 1. The quantitative estimate of drug-likeness (QED) is 0.336. The van der Waals surface area contributed by atoms with Crippen LogP contribution in [0.2, 0.25) is 0 Å². The Balaban J connectivity index is 1.65. The second kappa shape index (κ2) is 8.36. The van der Waals surface area contributed by atoms with Gasteiger partial charge in [0.2, 0.25) is 5.78 Å². The van der Waals surface area contributed by atoms with Crippen LogP contribution in [0, 0.1) is 6.92 Å². The van der Waals surface area contributed by atoms with Gasteiger partial charge in [-0.25, -0.2) is 4.79 Å². The fourth-order valence-corrected chi connectivity index (χ4v) is 3.38. The molecule has 6 heteroatoms. The summed E-state index contributed by atoms with van der Waals surface area (Å²) in [6.45, 7) is 1.74. The van der Waals surface area contributed by atoms with E-state index in [4.69, 9.17) is 18.9 Å². The molecule has 0 aromatic heterocycles. The number of esters is 1. The topological polar surface area (TPSA) is 71.1 Å². The molecule has 0 fully saturated rings. The molecule has 0 N–H and O–H groups in total. The number of ketones is 1. The van der Waals surface area contributed by atoms with Crippen molar-refractivity contribution >= 4 is 17.8 Å². The molecule has 156 valence electrons. The first-order chi connectivity index (χ1) is 15.0. The lowest BCUT2D eigenvalue weighted by Crippen LogP contribution is -2.09. The highest BCUT2D eigenvalue weighted by atomic mass is 16.5. The number of hydrogen-bond acceptors (Lipinski definition) is 6. The van der Waals surface area contributed by atoms with Crippen molar-refractivity contribution in [2.45, 2.75) is 6.92 Å². The van der Waals surface area contributed by atoms with Crippen molar-refractivity contribution in [2.75, 3.05) is 14.2 Å². The summed E-state index contributed by atoms with van der Waals surface area (Å²) in [6.07, 6.45) is 1.61. The van der Waals surface area contributed by atoms with E-state index in [2.05, 4.69) is 0 Å². The Morgan fingerprint density at radius 2 is 1.68 bits per heavy atom. The molecule has 3 aromatic carbocycles. The number of benzene rings is 3. The summed E-state index contributed by atoms with van der Waals surface area (Å²) in [5.74, 6) is 1.16. The molecule has 4 rings (SSSR count). The molecule has 0 aliphatic carbocycles. The van der Waals surface area contributed by atoms with E-state index >= 15 is 0 Å². The van der Waals surface area contributed by atoms with Crippen LogP contribution in [-0.2, 0) is 0 Å². The fraction of sp³-hybridized carbons (Fsp3) is 0.120. The summed E-state index contributed by atoms with van der Waals surface area (Å²) in [6, 6.07) is 17.3. The average Bonchev–Trinajstić information content (AvgIpc) is 3.12. The van der Waals surface area contributed by atoms with Gasteiger partial charge in [0.25, 0.3) is 0 Å². The summed E-state index contributed by atoms with van der Waals surface area (Å²) in [5, 5.41) is 0. The molecule has 0 bridgehead atoms. The normalized spacial score (nSPS) is 13.5. The molecular formula is C25H20O6. The number of fused-ring (bicyclic) bond motifs is 1. The van der Waals surface area contributed by atoms with Crippen molar-refractivity contribution in [3.8, 4) is 23.0 Å². The second-order valence-corrected chi connectivity index (χ2v) is 6.84. The van der Waals surface area contributed by atoms with Crippen LogP contribution in [-0.4, -0.2) is 26.0 Å². The number of allylic oxidation sites excluding steroid dienone is 1. The zero-order valence-corrected chi connectivity index (χ0v) is 17.3. The standard InChI is InChI=1S/C25H20O6/c1-15-19(31-25(27)16-8-5-4-6-9-16)13-12-18-22(26)21(30-23(15)18)14-17-10-7-11-20(28-2)24(17)29-3/h4-14H,1-3H3/b21-14-. The van der Waals surface area contributed by atoms with Gasteiger partial charge in [-0.2, -0.15) is 0 Å². The smallest absolute Gasteiger partial charge is 0.343 e. The molecule has 1 aliphatic rings. The Morgan fingerprint density at radius 1 is 0.903 bits per heavy atom. The Morgan fingerprint density at radius 3 is 2.39 bits per heavy atom. The van der Waals surface area contributed by atoms with Crippen molar-refractivity contribution in [3.63, 3.8) is 0 Å². The lowest BCUT2D eigenvalue weighted by Gasteiger charge is -2.11. The molecule has 0 saturated carbocycles. The number of hydrogen-bond donors (Lipinski definition) is 0. The summed E-state index contributed by atoms with van der Waals surface area (Å²) in [4.78, 5) is 25.3. The van der Waals surface area contributed by atoms with Crippen LogP contribution >= 0.6 is 0 Å². The van der Waals surface area contributed by atoms with Gasteiger partial charge in [-0.3, -0.25) is 4.79 Å². The van der Waals surface area contributed by atoms with Crippen molar-refractivity contribution in [1.82, 2.24) is 0 Å². The van der Waals surface area contributed by atoms with Gasteiger partial charge in [0, 0.05) is 11.1 Å². The minimum absolute atomic E-state index is 0.149. The third-order valence-electron chi connectivity index (χ3n) is 4.97. The number of methoxy groups -OCH3 is 2. The number of ether oxygens (including phenoxy) is 4. The van der Waals surface area contributed by atoms with Crippen LogP contribution in [0.25, 0.3) is 6.08 Å². The molecule has 0 radical (unpaired) electrons. The fourth-order valence-electron chi connectivity index (χ4n) is 3.38. The van der Waals surface area contributed by atoms with Crippen molar-refractivity contribution in [1.29, 1.82) is 0 Å². The molecule has 0 spiro atoms. The van der Waals surface area contributed by atoms with E-state index < -0.39 is 5.97 Å². The molecule has 31 heavy (non-hydrogen) atoms. The average molecular weight is 416 g/mol. The van der Waals surface area contributed by atoms with Crippen LogP contribution in [0.5, 0.6) is 23.0 Å². The van der Waals surface area contributed by atoms with Crippen molar-refractivity contribution < 1.29 is 28.5 Å². The van der Waals surface area contributed by atoms with Crippen molar-refractivity contribution in [2.24, 2.45) is 0 Å². The molecule has 0 amide bonds. The van der Waals surface area contributed by atoms with Gasteiger partial charge in [-0.1, -0.05) is 30.3 Å². The Hall–Kier alpha value is -4.06. The highest BCUT2D eigenvalue weighted by Gasteiger charge is 2.31. The summed E-state index contributed by atoms with van der Waals surface area (Å²) in [5.41, 5.74) is 2.05. The van der Waals surface area contributed by atoms with Gasteiger partial charge >= 0.3 is 5.97 Å². The van der Waals surface area contributed by atoms with Crippen LogP contribution < -0.4 is 18.9 Å². The second-order valence-electron chi connectivity index (χ2n) is 6.84. The van der Waals surface area contributed by atoms with Gasteiger partial charge in [-0.15, -0.1) is 0 Å². The Bertz CT molecular complexity index is 1190. The zero-order valence-electron chi connectivity index (χ0n) is 17.3. The molecular weight excluding hydrogens is 396 g/mol. The third kappa shape index (κ3) is 3.75. The molecule has 0 unspecified atom stereocenters. The minimum Gasteiger partial charge on any atom is -0.493 e. The van der Waals surface area contributed by atoms with Crippen LogP contribution in [0.1, 0.15) is 31.8 Å². The van der Waals surface area contributed by atoms with Crippen LogP contribution in [0.3, 0.4) is 0 Å². The van der Waals surface area contributed by atoms with E-state index in [9.17, 15) is 9.59 Å². The molecule has 1 aliphatic heterocycles.